The van der Waals surface area contributed by atoms with Crippen molar-refractivity contribution in [2.75, 3.05) is 0 Å². The molecule has 1 N–H and O–H groups in total. The van der Waals surface area contributed by atoms with E-state index in [9.17, 15) is 9.90 Å². The van der Waals surface area contributed by atoms with Gasteiger partial charge in [-0.05, 0) is 62.3 Å². The molecule has 0 spiro atoms. The van der Waals surface area contributed by atoms with E-state index in [1.165, 1.54) is 0 Å². The molecule has 2 aliphatic rings. The fourth-order valence-electron chi connectivity index (χ4n) is 3.58. The predicted octanol–water partition coefficient (Wildman–Crippen LogP) is 3.05. The van der Waals surface area contributed by atoms with Gasteiger partial charge in [-0.25, -0.2) is 9.78 Å². The van der Waals surface area contributed by atoms with Gasteiger partial charge in [0, 0.05) is 24.2 Å². The molecular weight excluding hydrogens is 395 g/mol. The summed E-state index contributed by atoms with van der Waals surface area (Å²) in [6, 6.07) is 3.61. The number of nitrogens with zero attached hydrogens (tertiary/aromatic N) is 2. The van der Waals surface area contributed by atoms with Crippen LogP contribution in [0.15, 0.2) is 18.3 Å². The maximum Gasteiger partial charge on any atom is 0.410 e. The molecule has 6 heteroatoms. The van der Waals surface area contributed by atoms with Crippen LogP contribution in [0.25, 0.3) is 0 Å². The number of aromatic nitrogens is 1. The van der Waals surface area contributed by atoms with Gasteiger partial charge in [-0.3, -0.25) is 4.90 Å². The zero-order valence-electron chi connectivity index (χ0n) is 13.0. The summed E-state index contributed by atoms with van der Waals surface area (Å²) >= 11 is 2.14. The van der Waals surface area contributed by atoms with Gasteiger partial charge < -0.3 is 9.84 Å². The maximum absolute atomic E-state index is 12.5. The normalized spacial score (nSPS) is 30.7. The van der Waals surface area contributed by atoms with E-state index in [1.807, 2.05) is 32.9 Å². The quantitative estimate of drug-likeness (QED) is 0.565. The summed E-state index contributed by atoms with van der Waals surface area (Å²) in [6.07, 6.45) is 3.67. The third-order valence-corrected chi connectivity index (χ3v) is 5.07. The van der Waals surface area contributed by atoms with E-state index in [2.05, 4.69) is 27.6 Å². The summed E-state index contributed by atoms with van der Waals surface area (Å²) < 4.78 is 6.40. The SMILES string of the molecule is CC(C)(C)OC(=O)N1[C@H]2CC[C@@H]1[C@@](O)(c1ccc(I)nc1)C2. The molecule has 120 valence electrons. The Balaban J connectivity index is 1.86. The molecule has 0 unspecified atom stereocenters. The van der Waals surface area contributed by atoms with Gasteiger partial charge in [0.1, 0.15) is 14.9 Å². The Labute approximate surface area is 144 Å². The van der Waals surface area contributed by atoms with Crippen LogP contribution in [0.1, 0.15) is 45.6 Å². The minimum absolute atomic E-state index is 0.0455. The Morgan fingerprint density at radius 3 is 2.77 bits per heavy atom. The second-order valence-corrected chi connectivity index (χ2v) is 8.24. The third-order valence-electron chi connectivity index (χ3n) is 4.43. The fraction of sp³-hybridized carbons (Fsp3) is 0.625. The van der Waals surface area contributed by atoms with Gasteiger partial charge in [0.15, 0.2) is 0 Å². The number of fused-ring (bicyclic) bond motifs is 2. The number of hydrogen-bond donors (Lipinski definition) is 1. The van der Waals surface area contributed by atoms with Crippen molar-refractivity contribution >= 4 is 28.7 Å². The standard InChI is InChI=1S/C16H21IN2O3/c1-15(2,3)22-14(20)19-11-5-6-12(19)16(21,8-11)10-4-7-13(17)18-9-10/h4,7,9,11-12,21H,5-6,8H2,1-3H3/t11-,12+,16-/m0/s1. The lowest BCUT2D eigenvalue weighted by atomic mass is 9.80. The average molecular weight is 416 g/mol. The first-order valence-electron chi connectivity index (χ1n) is 7.56. The van der Waals surface area contributed by atoms with E-state index < -0.39 is 11.2 Å². The van der Waals surface area contributed by atoms with Crippen molar-refractivity contribution in [2.45, 2.75) is 63.3 Å². The van der Waals surface area contributed by atoms with Gasteiger partial charge in [0.05, 0.1) is 6.04 Å². The minimum Gasteiger partial charge on any atom is -0.444 e. The molecule has 3 heterocycles. The Morgan fingerprint density at radius 1 is 1.45 bits per heavy atom. The van der Waals surface area contributed by atoms with Crippen LogP contribution in [-0.2, 0) is 10.3 Å². The zero-order chi connectivity index (χ0) is 16.1. The number of ether oxygens (including phenoxy) is 1. The van der Waals surface area contributed by atoms with Crippen LogP contribution in [0.4, 0.5) is 4.79 Å². The molecule has 0 saturated carbocycles. The van der Waals surface area contributed by atoms with Crippen molar-refractivity contribution < 1.29 is 14.6 Å². The second-order valence-electron chi connectivity index (χ2n) is 7.13. The number of rotatable bonds is 1. The van der Waals surface area contributed by atoms with Crippen molar-refractivity contribution in [3.8, 4) is 0 Å². The topological polar surface area (TPSA) is 62.7 Å². The van der Waals surface area contributed by atoms with Gasteiger partial charge in [-0.1, -0.05) is 6.07 Å². The van der Waals surface area contributed by atoms with Crippen LogP contribution < -0.4 is 0 Å². The van der Waals surface area contributed by atoms with E-state index >= 15 is 0 Å². The number of halogens is 1. The molecule has 0 aromatic carbocycles. The summed E-state index contributed by atoms with van der Waals surface area (Å²) in [7, 11) is 0. The first kappa shape index (κ1) is 16.0. The zero-order valence-corrected chi connectivity index (χ0v) is 15.2. The number of aliphatic hydroxyl groups is 1. The Bertz CT molecular complexity index is 584. The van der Waals surface area contributed by atoms with E-state index in [0.717, 1.165) is 22.1 Å². The highest BCUT2D eigenvalue weighted by atomic mass is 127. The van der Waals surface area contributed by atoms with Crippen LogP contribution in [0.2, 0.25) is 0 Å². The van der Waals surface area contributed by atoms with Gasteiger partial charge in [0.2, 0.25) is 0 Å². The molecule has 22 heavy (non-hydrogen) atoms. The fourth-order valence-corrected chi connectivity index (χ4v) is 3.90. The summed E-state index contributed by atoms with van der Waals surface area (Å²) in [4.78, 5) is 18.5. The molecule has 0 aliphatic carbocycles. The highest BCUT2D eigenvalue weighted by Gasteiger charge is 2.58. The van der Waals surface area contributed by atoms with E-state index in [0.29, 0.717) is 6.42 Å². The molecule has 0 radical (unpaired) electrons. The Morgan fingerprint density at radius 2 is 2.18 bits per heavy atom. The maximum atomic E-state index is 12.5. The van der Waals surface area contributed by atoms with Gasteiger partial charge >= 0.3 is 6.09 Å². The number of hydrogen-bond acceptors (Lipinski definition) is 4. The van der Waals surface area contributed by atoms with Gasteiger partial charge in [0.25, 0.3) is 0 Å². The van der Waals surface area contributed by atoms with Crippen molar-refractivity contribution in [3.63, 3.8) is 0 Å². The highest BCUT2D eigenvalue weighted by Crippen LogP contribution is 2.49. The van der Waals surface area contributed by atoms with Gasteiger partial charge in [-0.15, -0.1) is 0 Å². The van der Waals surface area contributed by atoms with Crippen LogP contribution in [0.3, 0.4) is 0 Å². The van der Waals surface area contributed by atoms with Crippen LogP contribution >= 0.6 is 22.6 Å². The average Bonchev–Trinajstić information content (AvgIpc) is 2.92. The molecular formula is C16H21IN2O3. The van der Waals surface area contributed by atoms with Crippen molar-refractivity contribution in [1.82, 2.24) is 9.88 Å². The molecule has 5 nitrogen and oxygen atoms in total. The van der Waals surface area contributed by atoms with Crippen molar-refractivity contribution in [1.29, 1.82) is 0 Å². The lowest BCUT2D eigenvalue weighted by Crippen LogP contribution is -2.45. The Kier molecular flexibility index (Phi) is 3.87. The van der Waals surface area contributed by atoms with E-state index in [4.69, 9.17) is 4.74 Å². The lowest BCUT2D eigenvalue weighted by Gasteiger charge is -2.33. The van der Waals surface area contributed by atoms with Crippen molar-refractivity contribution in [3.05, 3.63) is 27.6 Å². The first-order chi connectivity index (χ1) is 10.2. The highest BCUT2D eigenvalue weighted by molar-refractivity contribution is 14.1. The van der Waals surface area contributed by atoms with Crippen LogP contribution in [-0.4, -0.2) is 38.8 Å². The monoisotopic (exact) mass is 416 g/mol. The van der Waals surface area contributed by atoms with Crippen LogP contribution in [0, 0.1) is 3.70 Å². The summed E-state index contributed by atoms with van der Waals surface area (Å²) in [6.45, 7) is 5.58. The summed E-state index contributed by atoms with van der Waals surface area (Å²) in [5.41, 5.74) is -0.757. The number of amides is 1. The number of pyridine rings is 1. The molecule has 2 bridgehead atoms. The molecule has 3 atom stereocenters. The molecule has 3 rings (SSSR count). The molecule has 2 saturated heterocycles. The molecule has 1 aromatic rings. The number of carbonyl (C=O) groups is 1. The summed E-state index contributed by atoms with van der Waals surface area (Å²) in [5, 5.41) is 11.2. The third kappa shape index (κ3) is 2.71. The second kappa shape index (κ2) is 5.33. The molecule has 2 fully saturated rings. The van der Waals surface area contributed by atoms with Crippen LogP contribution in [0.5, 0.6) is 0 Å². The van der Waals surface area contributed by atoms with Crippen molar-refractivity contribution in [2.24, 2.45) is 0 Å². The predicted molar refractivity (Wildman–Crippen MR) is 90.4 cm³/mol. The Hall–Kier alpha value is -0.890. The lowest BCUT2D eigenvalue weighted by molar-refractivity contribution is -0.0157. The van der Waals surface area contributed by atoms with E-state index in [1.54, 1.807) is 11.1 Å². The van der Waals surface area contributed by atoms with Gasteiger partial charge in [-0.2, -0.15) is 0 Å². The summed E-state index contributed by atoms with van der Waals surface area (Å²) in [5.74, 6) is 0. The largest absolute Gasteiger partial charge is 0.444 e. The molecule has 1 aromatic heterocycles. The number of carbonyl (C=O) groups excluding carboxylic acids is 1. The first-order valence-corrected chi connectivity index (χ1v) is 8.64. The molecule has 2 aliphatic heterocycles. The minimum atomic E-state index is -1.02. The smallest absolute Gasteiger partial charge is 0.410 e. The van der Waals surface area contributed by atoms with E-state index in [-0.39, 0.29) is 18.2 Å². The molecule has 1 amide bonds.